The Bertz CT molecular complexity index is 1110. The number of halogens is 2. The van der Waals surface area contributed by atoms with E-state index < -0.39 is 0 Å². The normalized spacial score (nSPS) is 16.7. The molecule has 1 N–H and O–H groups in total. The maximum absolute atomic E-state index is 12.9. The monoisotopic (exact) mass is 485 g/mol. The lowest BCUT2D eigenvalue weighted by molar-refractivity contribution is 0.0746. The molecule has 2 aromatic carbocycles. The summed E-state index contributed by atoms with van der Waals surface area (Å²) in [5, 5.41) is 3.99. The number of carbonyl (C=O) groups excluding carboxylic acids is 1. The molecule has 2 heterocycles. The molecular weight excluding hydrogens is 466 g/mol. The van der Waals surface area contributed by atoms with E-state index in [9.17, 15) is 4.79 Å². The van der Waals surface area contributed by atoms with E-state index in [1.807, 2.05) is 35.2 Å². The number of piperazine rings is 1. The fourth-order valence-corrected chi connectivity index (χ4v) is 4.44. The highest BCUT2D eigenvalue weighted by atomic mass is 79.9. The highest BCUT2D eigenvalue weighted by molar-refractivity contribution is 9.10. The molecule has 8 heteroatoms. The van der Waals surface area contributed by atoms with Gasteiger partial charge in [-0.1, -0.05) is 39.7 Å². The number of nitrogens with zero attached hydrogens (tertiary/aromatic N) is 4. The molecule has 0 unspecified atom stereocenters. The third-order valence-corrected chi connectivity index (χ3v) is 6.30. The molecule has 0 atom stereocenters. The number of rotatable bonds is 4. The van der Waals surface area contributed by atoms with Crippen LogP contribution < -0.4 is 10.2 Å². The smallest absolute Gasteiger partial charge is 0.255 e. The van der Waals surface area contributed by atoms with Crippen molar-refractivity contribution in [1.29, 1.82) is 0 Å². The Hall–Kier alpha value is -2.38. The van der Waals surface area contributed by atoms with Crippen LogP contribution in [-0.4, -0.2) is 53.0 Å². The Labute approximate surface area is 188 Å². The fourth-order valence-electron chi connectivity index (χ4n) is 3.68. The van der Waals surface area contributed by atoms with E-state index in [0.717, 1.165) is 27.1 Å². The van der Waals surface area contributed by atoms with Gasteiger partial charge in [0.05, 0.1) is 21.6 Å². The molecule has 2 aliphatic rings. The second-order valence-corrected chi connectivity index (χ2v) is 9.03. The number of benzene rings is 2. The largest absolute Gasteiger partial charge is 0.364 e. The zero-order valence-corrected chi connectivity index (χ0v) is 18.7. The number of carbonyl (C=O) groups is 1. The zero-order chi connectivity index (χ0) is 20.7. The first kappa shape index (κ1) is 19.6. The number of amides is 1. The van der Waals surface area contributed by atoms with Crippen molar-refractivity contribution < 1.29 is 4.79 Å². The van der Waals surface area contributed by atoms with Crippen molar-refractivity contribution in [2.45, 2.75) is 18.9 Å². The van der Waals surface area contributed by atoms with Crippen LogP contribution in [-0.2, 0) is 0 Å². The first-order chi connectivity index (χ1) is 14.6. The lowest BCUT2D eigenvalue weighted by atomic mass is 10.2. The summed E-state index contributed by atoms with van der Waals surface area (Å²) in [5.74, 6) is 1.68. The van der Waals surface area contributed by atoms with Crippen LogP contribution >= 0.6 is 27.5 Å². The molecule has 5 rings (SSSR count). The molecule has 30 heavy (non-hydrogen) atoms. The summed E-state index contributed by atoms with van der Waals surface area (Å²) < 4.78 is 0.861. The molecule has 1 aliphatic carbocycles. The maximum atomic E-state index is 12.9. The zero-order valence-electron chi connectivity index (χ0n) is 16.3. The molecule has 0 bridgehead atoms. The summed E-state index contributed by atoms with van der Waals surface area (Å²) >= 11 is 9.67. The van der Waals surface area contributed by atoms with Crippen LogP contribution in [0.2, 0.25) is 5.02 Å². The Morgan fingerprint density at radius 2 is 1.73 bits per heavy atom. The van der Waals surface area contributed by atoms with Crippen LogP contribution in [0.25, 0.3) is 11.0 Å². The predicted octanol–water partition coefficient (Wildman–Crippen LogP) is 4.58. The number of hydrogen-bond acceptors (Lipinski definition) is 5. The van der Waals surface area contributed by atoms with E-state index in [-0.39, 0.29) is 5.91 Å². The Balaban J connectivity index is 1.36. The molecule has 1 aromatic heterocycles. The minimum absolute atomic E-state index is 0.0342. The Kier molecular flexibility index (Phi) is 5.25. The van der Waals surface area contributed by atoms with Crippen LogP contribution in [0.5, 0.6) is 0 Å². The lowest BCUT2D eigenvalue weighted by Gasteiger charge is -2.36. The first-order valence-corrected chi connectivity index (χ1v) is 11.3. The second kappa shape index (κ2) is 8.04. The first-order valence-electron chi connectivity index (χ1n) is 10.1. The van der Waals surface area contributed by atoms with Gasteiger partial charge in [0.15, 0.2) is 11.6 Å². The van der Waals surface area contributed by atoms with Gasteiger partial charge in [-0.2, -0.15) is 0 Å². The van der Waals surface area contributed by atoms with Gasteiger partial charge >= 0.3 is 0 Å². The van der Waals surface area contributed by atoms with E-state index in [2.05, 4.69) is 26.1 Å². The molecule has 6 nitrogen and oxygen atoms in total. The van der Waals surface area contributed by atoms with Crippen LogP contribution in [0.3, 0.4) is 0 Å². The van der Waals surface area contributed by atoms with Gasteiger partial charge in [-0.15, -0.1) is 0 Å². The molecule has 1 saturated carbocycles. The SMILES string of the molecule is O=C(c1ccc(Br)cc1Cl)N1CCN(c2nc3ccccc3nc2NC2CC2)CC1. The van der Waals surface area contributed by atoms with Gasteiger partial charge < -0.3 is 15.1 Å². The Morgan fingerprint density at radius 3 is 2.40 bits per heavy atom. The van der Waals surface area contributed by atoms with Gasteiger partial charge in [0.2, 0.25) is 0 Å². The van der Waals surface area contributed by atoms with E-state index >= 15 is 0 Å². The summed E-state index contributed by atoms with van der Waals surface area (Å²) in [5.41, 5.74) is 2.31. The summed E-state index contributed by atoms with van der Waals surface area (Å²) in [6.07, 6.45) is 2.34. The molecule has 2 fully saturated rings. The van der Waals surface area contributed by atoms with Crippen molar-refractivity contribution in [3.63, 3.8) is 0 Å². The third-order valence-electron chi connectivity index (χ3n) is 5.50. The van der Waals surface area contributed by atoms with Crippen molar-refractivity contribution in [3.05, 3.63) is 57.5 Å². The van der Waals surface area contributed by atoms with Crippen LogP contribution in [0.4, 0.5) is 11.6 Å². The molecule has 0 spiro atoms. The molecule has 3 aromatic rings. The molecule has 1 aliphatic heterocycles. The average molecular weight is 487 g/mol. The molecule has 0 radical (unpaired) electrons. The Morgan fingerprint density at radius 1 is 1.03 bits per heavy atom. The second-order valence-electron chi connectivity index (χ2n) is 7.71. The summed E-state index contributed by atoms with van der Waals surface area (Å²) in [7, 11) is 0. The van der Waals surface area contributed by atoms with Gasteiger partial charge in [-0.25, -0.2) is 9.97 Å². The summed E-state index contributed by atoms with van der Waals surface area (Å²) in [6, 6.07) is 13.8. The average Bonchev–Trinajstić information content (AvgIpc) is 3.57. The maximum Gasteiger partial charge on any atom is 0.255 e. The number of aromatic nitrogens is 2. The van der Waals surface area contributed by atoms with Gasteiger partial charge in [0, 0.05) is 36.7 Å². The van der Waals surface area contributed by atoms with Crippen molar-refractivity contribution in [1.82, 2.24) is 14.9 Å². The van der Waals surface area contributed by atoms with Crippen molar-refractivity contribution >= 4 is 56.1 Å². The molecule has 1 saturated heterocycles. The van der Waals surface area contributed by atoms with Crippen LogP contribution in [0, 0.1) is 0 Å². The number of hydrogen-bond donors (Lipinski definition) is 1. The fraction of sp³-hybridized carbons (Fsp3) is 0.318. The third kappa shape index (κ3) is 3.96. The molecule has 154 valence electrons. The summed E-state index contributed by atoms with van der Waals surface area (Å²) in [6.45, 7) is 2.63. The van der Waals surface area contributed by atoms with Crippen molar-refractivity contribution in [2.75, 3.05) is 36.4 Å². The quantitative estimate of drug-likeness (QED) is 0.585. The number of anilines is 2. The number of fused-ring (bicyclic) bond motifs is 1. The minimum Gasteiger partial charge on any atom is -0.364 e. The topological polar surface area (TPSA) is 61.4 Å². The van der Waals surface area contributed by atoms with E-state index in [1.165, 1.54) is 12.8 Å². The number of nitrogens with one attached hydrogen (secondary N) is 1. The molecule has 1 amide bonds. The van der Waals surface area contributed by atoms with Gasteiger partial charge in [-0.05, 0) is 43.2 Å². The predicted molar refractivity (Wildman–Crippen MR) is 123 cm³/mol. The standard InChI is InChI=1S/C22H21BrClN5O/c23-14-5-8-16(17(24)13-14)22(30)29-11-9-28(10-12-29)21-20(25-15-6-7-15)26-18-3-1-2-4-19(18)27-21/h1-5,8,13,15H,6-7,9-12H2,(H,25,26). The highest BCUT2D eigenvalue weighted by Gasteiger charge is 2.28. The van der Waals surface area contributed by atoms with E-state index in [4.69, 9.17) is 21.6 Å². The summed E-state index contributed by atoms with van der Waals surface area (Å²) in [4.78, 5) is 26.7. The van der Waals surface area contributed by atoms with Crippen molar-refractivity contribution in [2.24, 2.45) is 0 Å². The van der Waals surface area contributed by atoms with E-state index in [0.29, 0.717) is 42.8 Å². The molecular formula is C22H21BrClN5O. The highest BCUT2D eigenvalue weighted by Crippen LogP contribution is 2.31. The van der Waals surface area contributed by atoms with E-state index in [1.54, 1.807) is 12.1 Å². The van der Waals surface area contributed by atoms with Gasteiger partial charge in [0.25, 0.3) is 5.91 Å². The lowest BCUT2D eigenvalue weighted by Crippen LogP contribution is -2.49. The van der Waals surface area contributed by atoms with Crippen molar-refractivity contribution in [3.8, 4) is 0 Å². The van der Waals surface area contributed by atoms with Gasteiger partial charge in [0.1, 0.15) is 0 Å². The van der Waals surface area contributed by atoms with Crippen LogP contribution in [0.1, 0.15) is 23.2 Å². The van der Waals surface area contributed by atoms with Gasteiger partial charge in [-0.3, -0.25) is 4.79 Å². The number of para-hydroxylation sites is 2. The van der Waals surface area contributed by atoms with Crippen LogP contribution in [0.15, 0.2) is 46.9 Å². The minimum atomic E-state index is -0.0342.